The van der Waals surface area contributed by atoms with Crippen molar-refractivity contribution in [2.24, 2.45) is 0 Å². The number of benzene rings is 1. The lowest BCUT2D eigenvalue weighted by Gasteiger charge is -2.12. The highest BCUT2D eigenvalue weighted by Crippen LogP contribution is 2.20. The zero-order chi connectivity index (χ0) is 15.2. The lowest BCUT2D eigenvalue weighted by atomic mass is 10.1. The fourth-order valence-corrected chi connectivity index (χ4v) is 1.91. The molecule has 0 fully saturated rings. The summed E-state index contributed by atoms with van der Waals surface area (Å²) in [5.74, 6) is 0.189. The third kappa shape index (κ3) is 3.78. The van der Waals surface area contributed by atoms with Gasteiger partial charge in [0.2, 0.25) is 5.95 Å². The van der Waals surface area contributed by atoms with Crippen molar-refractivity contribution in [2.75, 3.05) is 11.9 Å². The van der Waals surface area contributed by atoms with Crippen molar-refractivity contribution in [3.05, 3.63) is 47.8 Å². The fourth-order valence-electron chi connectivity index (χ4n) is 1.91. The molecule has 0 spiro atoms. The summed E-state index contributed by atoms with van der Waals surface area (Å²) in [5, 5.41) is 3.12. The van der Waals surface area contributed by atoms with Crippen LogP contribution in [0.4, 0.5) is 11.6 Å². The van der Waals surface area contributed by atoms with Crippen molar-refractivity contribution in [3.63, 3.8) is 0 Å². The zero-order valence-electron chi connectivity index (χ0n) is 12.5. The number of aromatic nitrogens is 2. The van der Waals surface area contributed by atoms with Gasteiger partial charge in [-0.05, 0) is 25.0 Å². The summed E-state index contributed by atoms with van der Waals surface area (Å²) >= 11 is 0. The first-order valence-corrected chi connectivity index (χ1v) is 6.98. The molecule has 0 aliphatic carbocycles. The number of para-hydroxylation sites is 1. The van der Waals surface area contributed by atoms with E-state index in [9.17, 15) is 4.79 Å². The Morgan fingerprint density at radius 2 is 2.00 bits per heavy atom. The minimum atomic E-state index is -0.382. The van der Waals surface area contributed by atoms with E-state index in [4.69, 9.17) is 4.74 Å². The largest absolute Gasteiger partial charge is 0.462 e. The van der Waals surface area contributed by atoms with Crippen LogP contribution in [0.25, 0.3) is 0 Å². The molecular weight excluding hydrogens is 266 g/mol. The van der Waals surface area contributed by atoms with E-state index in [1.165, 1.54) is 6.20 Å². The molecule has 0 saturated carbocycles. The first-order chi connectivity index (χ1) is 10.1. The van der Waals surface area contributed by atoms with Gasteiger partial charge in [-0.2, -0.15) is 0 Å². The van der Waals surface area contributed by atoms with E-state index in [0.717, 1.165) is 5.69 Å². The lowest BCUT2D eigenvalue weighted by Crippen LogP contribution is -2.13. The first-order valence-electron chi connectivity index (χ1n) is 6.98. The summed E-state index contributed by atoms with van der Waals surface area (Å²) in [6.45, 7) is 6.08. The van der Waals surface area contributed by atoms with Crippen LogP contribution in [0.3, 0.4) is 0 Å². The third-order valence-electron chi connectivity index (χ3n) is 2.89. The molecule has 0 bridgehead atoms. The summed E-state index contributed by atoms with van der Waals surface area (Å²) in [6.07, 6.45) is 1.52. The number of anilines is 2. The summed E-state index contributed by atoms with van der Waals surface area (Å²) in [6, 6.07) is 9.65. The van der Waals surface area contributed by atoms with Gasteiger partial charge in [0.1, 0.15) is 0 Å². The summed E-state index contributed by atoms with van der Waals surface area (Å²) < 4.78 is 5.04. The highest BCUT2D eigenvalue weighted by molar-refractivity contribution is 5.90. The normalized spacial score (nSPS) is 10.5. The van der Waals surface area contributed by atoms with E-state index >= 15 is 0 Å². The second kappa shape index (κ2) is 6.83. The maximum absolute atomic E-state index is 11.9. The average molecular weight is 285 g/mol. The monoisotopic (exact) mass is 285 g/mol. The molecule has 2 rings (SSSR count). The summed E-state index contributed by atoms with van der Waals surface area (Å²) in [5.41, 5.74) is 2.00. The van der Waals surface area contributed by atoms with Crippen molar-refractivity contribution >= 4 is 17.6 Å². The molecule has 0 radical (unpaired) electrons. The summed E-state index contributed by atoms with van der Waals surface area (Å²) in [4.78, 5) is 20.6. The molecule has 1 aromatic heterocycles. The Morgan fingerprint density at radius 1 is 1.29 bits per heavy atom. The second-order valence-electron chi connectivity index (χ2n) is 4.86. The van der Waals surface area contributed by atoms with Crippen LogP contribution in [-0.4, -0.2) is 22.5 Å². The van der Waals surface area contributed by atoms with Gasteiger partial charge in [0.25, 0.3) is 0 Å². The molecule has 0 amide bonds. The predicted molar refractivity (Wildman–Crippen MR) is 81.8 cm³/mol. The lowest BCUT2D eigenvalue weighted by molar-refractivity contribution is 0.0523. The van der Waals surface area contributed by atoms with Crippen LogP contribution in [0.5, 0.6) is 0 Å². The number of ether oxygens (including phenoxy) is 1. The highest BCUT2D eigenvalue weighted by Gasteiger charge is 2.18. The summed E-state index contributed by atoms with van der Waals surface area (Å²) in [7, 11) is 0. The van der Waals surface area contributed by atoms with Gasteiger partial charge < -0.3 is 10.1 Å². The van der Waals surface area contributed by atoms with Crippen LogP contribution in [0.1, 0.15) is 42.7 Å². The number of nitrogens with zero attached hydrogens (tertiary/aromatic N) is 2. The van der Waals surface area contributed by atoms with Crippen molar-refractivity contribution in [2.45, 2.75) is 26.7 Å². The van der Waals surface area contributed by atoms with E-state index < -0.39 is 0 Å². The molecule has 0 saturated heterocycles. The Morgan fingerprint density at radius 3 is 2.62 bits per heavy atom. The van der Waals surface area contributed by atoms with E-state index in [0.29, 0.717) is 23.8 Å². The molecule has 5 nitrogen and oxygen atoms in total. The van der Waals surface area contributed by atoms with Gasteiger partial charge in [0.15, 0.2) is 0 Å². The van der Waals surface area contributed by atoms with E-state index in [1.54, 1.807) is 6.92 Å². The topological polar surface area (TPSA) is 64.1 Å². The molecule has 1 N–H and O–H groups in total. The van der Waals surface area contributed by atoms with Gasteiger partial charge in [-0.3, -0.25) is 0 Å². The molecule has 5 heteroatoms. The smallest absolute Gasteiger partial charge is 0.341 e. The molecule has 1 aromatic carbocycles. The number of carbonyl (C=O) groups excluding carboxylic acids is 1. The van der Waals surface area contributed by atoms with Crippen molar-refractivity contribution in [1.29, 1.82) is 0 Å². The molecule has 0 aliphatic heterocycles. The van der Waals surface area contributed by atoms with Crippen LogP contribution in [0, 0.1) is 0 Å². The molecule has 1 heterocycles. The molecule has 2 aromatic rings. The van der Waals surface area contributed by atoms with Gasteiger partial charge in [-0.15, -0.1) is 0 Å². The number of hydrogen-bond donors (Lipinski definition) is 1. The van der Waals surface area contributed by atoms with Crippen LogP contribution in [0.15, 0.2) is 36.5 Å². The second-order valence-corrected chi connectivity index (χ2v) is 4.86. The minimum absolute atomic E-state index is 0.101. The molecule has 0 atom stereocenters. The maximum Gasteiger partial charge on any atom is 0.341 e. The van der Waals surface area contributed by atoms with Crippen molar-refractivity contribution < 1.29 is 9.53 Å². The number of esters is 1. The van der Waals surface area contributed by atoms with Crippen LogP contribution >= 0.6 is 0 Å². The molecular formula is C16H19N3O2. The Labute approximate surface area is 124 Å². The molecule has 21 heavy (non-hydrogen) atoms. The average Bonchev–Trinajstić information content (AvgIpc) is 2.48. The van der Waals surface area contributed by atoms with Gasteiger partial charge in [0, 0.05) is 11.9 Å². The minimum Gasteiger partial charge on any atom is -0.462 e. The van der Waals surface area contributed by atoms with Crippen molar-refractivity contribution in [3.8, 4) is 0 Å². The standard InChI is InChI=1S/C16H19N3O2/c1-4-21-15(20)13-10-17-16(19-14(13)11(2)3)18-12-8-6-5-7-9-12/h5-11H,4H2,1-3H3,(H,17,18,19). The number of rotatable bonds is 5. The number of nitrogens with one attached hydrogen (secondary N) is 1. The maximum atomic E-state index is 11.9. The Bertz CT molecular complexity index is 612. The van der Waals surface area contributed by atoms with Crippen LogP contribution in [0.2, 0.25) is 0 Å². The van der Waals surface area contributed by atoms with Gasteiger partial charge in [-0.25, -0.2) is 14.8 Å². The molecule has 0 aliphatic rings. The van der Waals surface area contributed by atoms with Gasteiger partial charge in [-0.1, -0.05) is 32.0 Å². The predicted octanol–water partition coefficient (Wildman–Crippen LogP) is 3.52. The molecule has 110 valence electrons. The van der Waals surface area contributed by atoms with E-state index in [1.807, 2.05) is 44.2 Å². The highest BCUT2D eigenvalue weighted by atomic mass is 16.5. The Balaban J connectivity index is 2.30. The van der Waals surface area contributed by atoms with Crippen LogP contribution in [-0.2, 0) is 4.74 Å². The molecule has 0 unspecified atom stereocenters. The Kier molecular flexibility index (Phi) is 4.87. The van der Waals surface area contributed by atoms with Gasteiger partial charge in [0.05, 0.1) is 17.9 Å². The third-order valence-corrected chi connectivity index (χ3v) is 2.89. The zero-order valence-corrected chi connectivity index (χ0v) is 12.5. The quantitative estimate of drug-likeness (QED) is 0.851. The number of carbonyl (C=O) groups is 1. The van der Waals surface area contributed by atoms with E-state index in [2.05, 4.69) is 15.3 Å². The first kappa shape index (κ1) is 15.0. The SMILES string of the molecule is CCOC(=O)c1cnc(Nc2ccccc2)nc1C(C)C. The van der Waals surface area contributed by atoms with Crippen molar-refractivity contribution in [1.82, 2.24) is 9.97 Å². The van der Waals surface area contributed by atoms with Crippen LogP contribution < -0.4 is 5.32 Å². The fraction of sp³-hybridized carbons (Fsp3) is 0.312. The van der Waals surface area contributed by atoms with E-state index in [-0.39, 0.29) is 11.9 Å². The number of hydrogen-bond acceptors (Lipinski definition) is 5. The Hall–Kier alpha value is -2.43. The van der Waals surface area contributed by atoms with Gasteiger partial charge >= 0.3 is 5.97 Å².